The van der Waals surface area contributed by atoms with Crippen LogP contribution in [0, 0.1) is 5.82 Å². The molecule has 0 heterocycles. The summed E-state index contributed by atoms with van der Waals surface area (Å²) in [4.78, 5) is 14.2. The predicted molar refractivity (Wildman–Crippen MR) is 63.5 cm³/mol. The third kappa shape index (κ3) is 1.85. The largest absolute Gasteiger partial charge is 0.493 e. The van der Waals surface area contributed by atoms with Crippen molar-refractivity contribution < 1.29 is 18.7 Å². The number of hydrogen-bond donors (Lipinski definition) is 0. The molecule has 1 saturated carbocycles. The maximum absolute atomic E-state index is 13.7. The third-order valence-electron chi connectivity index (χ3n) is 3.01. The molecule has 0 unspecified atom stereocenters. The van der Waals surface area contributed by atoms with Crippen molar-refractivity contribution >= 4 is 17.7 Å². The Hall–Kier alpha value is -1.58. The molecular formula is C12H11ClFNO3. The van der Waals surface area contributed by atoms with Gasteiger partial charge >= 0.3 is 0 Å². The average Bonchev–Trinajstić information content (AvgIpc) is 3.12. The highest BCUT2D eigenvalue weighted by atomic mass is 35.5. The van der Waals surface area contributed by atoms with Crippen molar-refractivity contribution in [2.24, 2.45) is 4.99 Å². The Bertz CT molecular complexity index is 537. The number of carbonyl (C=O) groups excluding carboxylic acids is 1. The van der Waals surface area contributed by atoms with Crippen LogP contribution in [0.1, 0.15) is 18.4 Å². The van der Waals surface area contributed by atoms with Crippen molar-refractivity contribution in [3.63, 3.8) is 0 Å². The molecule has 1 fully saturated rings. The van der Waals surface area contributed by atoms with Crippen LogP contribution in [0.25, 0.3) is 0 Å². The van der Waals surface area contributed by atoms with E-state index in [4.69, 9.17) is 21.1 Å². The summed E-state index contributed by atoms with van der Waals surface area (Å²) >= 11 is 5.97. The van der Waals surface area contributed by atoms with Crippen molar-refractivity contribution in [1.82, 2.24) is 0 Å². The van der Waals surface area contributed by atoms with Crippen molar-refractivity contribution in [3.05, 3.63) is 22.5 Å². The van der Waals surface area contributed by atoms with Crippen LogP contribution in [-0.4, -0.2) is 20.3 Å². The van der Waals surface area contributed by atoms with E-state index in [0.717, 1.165) is 6.07 Å². The summed E-state index contributed by atoms with van der Waals surface area (Å²) in [5.41, 5.74) is -0.466. The molecule has 0 aliphatic heterocycles. The van der Waals surface area contributed by atoms with Gasteiger partial charge < -0.3 is 9.47 Å². The van der Waals surface area contributed by atoms with Crippen LogP contribution >= 0.6 is 11.6 Å². The SMILES string of the molecule is COc1cc(F)c(Cl)c(C2(N=C=O)CC2)c1OC. The van der Waals surface area contributed by atoms with Crippen LogP contribution < -0.4 is 9.47 Å². The second-order valence-corrected chi connectivity index (χ2v) is 4.40. The Kier molecular flexibility index (Phi) is 3.28. The molecule has 18 heavy (non-hydrogen) atoms. The van der Waals surface area contributed by atoms with Gasteiger partial charge in [-0.2, -0.15) is 4.99 Å². The molecule has 1 aromatic carbocycles. The van der Waals surface area contributed by atoms with Gasteiger partial charge in [0.1, 0.15) is 11.4 Å². The minimum atomic E-state index is -0.820. The number of benzene rings is 1. The summed E-state index contributed by atoms with van der Waals surface area (Å²) in [5, 5.41) is -0.0934. The van der Waals surface area contributed by atoms with E-state index in [0.29, 0.717) is 24.2 Å². The Labute approximate surface area is 108 Å². The maximum Gasteiger partial charge on any atom is 0.235 e. The van der Waals surface area contributed by atoms with Gasteiger partial charge in [-0.05, 0) is 12.8 Å². The second kappa shape index (κ2) is 4.59. The summed E-state index contributed by atoms with van der Waals surface area (Å²) < 4.78 is 24.0. The van der Waals surface area contributed by atoms with E-state index in [2.05, 4.69) is 4.99 Å². The highest BCUT2D eigenvalue weighted by Gasteiger charge is 2.49. The molecule has 1 aromatic rings. The lowest BCUT2D eigenvalue weighted by Gasteiger charge is -2.18. The van der Waals surface area contributed by atoms with Crippen LogP contribution in [0.4, 0.5) is 4.39 Å². The molecule has 0 spiro atoms. The number of methoxy groups -OCH3 is 2. The van der Waals surface area contributed by atoms with Crippen LogP contribution in [-0.2, 0) is 10.3 Å². The molecule has 0 N–H and O–H groups in total. The Morgan fingerprint density at radius 3 is 2.56 bits per heavy atom. The lowest BCUT2D eigenvalue weighted by Crippen LogP contribution is -2.09. The summed E-state index contributed by atoms with van der Waals surface area (Å²) in [5.74, 6) is -0.0983. The lowest BCUT2D eigenvalue weighted by atomic mass is 10.0. The Balaban J connectivity index is 2.71. The molecule has 4 nitrogen and oxygen atoms in total. The van der Waals surface area contributed by atoms with E-state index in [1.807, 2.05) is 0 Å². The lowest BCUT2D eigenvalue weighted by molar-refractivity contribution is 0.346. The molecule has 0 amide bonds. The van der Waals surface area contributed by atoms with Crippen molar-refractivity contribution in [2.45, 2.75) is 18.4 Å². The van der Waals surface area contributed by atoms with Gasteiger partial charge in [0.15, 0.2) is 11.5 Å². The van der Waals surface area contributed by atoms with Crippen molar-refractivity contribution in [3.8, 4) is 11.5 Å². The number of halogens is 2. The molecule has 0 saturated heterocycles. The summed E-state index contributed by atoms with van der Waals surface area (Å²) in [6.07, 6.45) is 2.71. The molecule has 0 atom stereocenters. The topological polar surface area (TPSA) is 47.9 Å². The normalized spacial score (nSPS) is 15.8. The number of rotatable bonds is 4. The smallest absolute Gasteiger partial charge is 0.235 e. The summed E-state index contributed by atoms with van der Waals surface area (Å²) in [7, 11) is 2.83. The zero-order chi connectivity index (χ0) is 13.3. The average molecular weight is 272 g/mol. The zero-order valence-electron chi connectivity index (χ0n) is 9.92. The first-order valence-corrected chi connectivity index (χ1v) is 5.67. The molecule has 96 valence electrons. The molecule has 0 radical (unpaired) electrons. The first kappa shape index (κ1) is 12.9. The van der Waals surface area contributed by atoms with E-state index in [9.17, 15) is 9.18 Å². The molecule has 6 heteroatoms. The first-order chi connectivity index (χ1) is 8.59. The van der Waals surface area contributed by atoms with Crippen molar-refractivity contribution in [2.75, 3.05) is 14.2 Å². The fraction of sp³-hybridized carbons (Fsp3) is 0.417. The van der Waals surface area contributed by atoms with E-state index in [-0.39, 0.29) is 10.8 Å². The van der Waals surface area contributed by atoms with Crippen LogP contribution in [0.2, 0.25) is 5.02 Å². The van der Waals surface area contributed by atoms with Crippen LogP contribution in [0.15, 0.2) is 11.1 Å². The Morgan fingerprint density at radius 1 is 1.44 bits per heavy atom. The van der Waals surface area contributed by atoms with Crippen molar-refractivity contribution in [1.29, 1.82) is 0 Å². The number of isocyanates is 1. The van der Waals surface area contributed by atoms with E-state index in [1.165, 1.54) is 20.3 Å². The first-order valence-electron chi connectivity index (χ1n) is 5.29. The molecule has 0 bridgehead atoms. The fourth-order valence-corrected chi connectivity index (χ4v) is 2.30. The molecule has 2 rings (SSSR count). The van der Waals surface area contributed by atoms with Gasteiger partial charge in [-0.3, -0.25) is 0 Å². The van der Waals surface area contributed by atoms with E-state index < -0.39 is 11.4 Å². The maximum atomic E-state index is 13.7. The highest BCUT2D eigenvalue weighted by Crippen LogP contribution is 2.57. The van der Waals surface area contributed by atoms with E-state index >= 15 is 0 Å². The Morgan fingerprint density at radius 2 is 2.11 bits per heavy atom. The molecule has 0 aromatic heterocycles. The zero-order valence-corrected chi connectivity index (χ0v) is 10.7. The minimum absolute atomic E-state index is 0.0934. The standard InChI is InChI=1S/C12H11ClFNO3/c1-17-8-5-7(14)10(13)9(11(8)18-2)12(3-4-12)15-6-16/h5H,3-4H2,1-2H3. The second-order valence-electron chi connectivity index (χ2n) is 4.02. The third-order valence-corrected chi connectivity index (χ3v) is 3.38. The summed E-state index contributed by atoms with van der Waals surface area (Å²) in [6, 6.07) is 1.14. The highest BCUT2D eigenvalue weighted by molar-refractivity contribution is 6.32. The van der Waals surface area contributed by atoms with Gasteiger partial charge in [0, 0.05) is 11.6 Å². The molecular weight excluding hydrogens is 261 g/mol. The quantitative estimate of drug-likeness (QED) is 0.625. The van der Waals surface area contributed by atoms with Gasteiger partial charge in [0.05, 0.1) is 19.2 Å². The van der Waals surface area contributed by atoms with Crippen LogP contribution in [0.5, 0.6) is 11.5 Å². The van der Waals surface area contributed by atoms with Crippen LogP contribution in [0.3, 0.4) is 0 Å². The number of hydrogen-bond acceptors (Lipinski definition) is 4. The van der Waals surface area contributed by atoms with Gasteiger partial charge in [0.2, 0.25) is 6.08 Å². The number of aliphatic imine (C=N–C) groups is 1. The van der Waals surface area contributed by atoms with Gasteiger partial charge in [-0.25, -0.2) is 9.18 Å². The van der Waals surface area contributed by atoms with Gasteiger partial charge in [-0.15, -0.1) is 0 Å². The number of ether oxygens (including phenoxy) is 2. The molecule has 1 aliphatic rings. The number of nitrogens with zero attached hydrogens (tertiary/aromatic N) is 1. The summed E-state index contributed by atoms with van der Waals surface area (Å²) in [6.45, 7) is 0. The minimum Gasteiger partial charge on any atom is -0.493 e. The van der Waals surface area contributed by atoms with Gasteiger partial charge in [0.25, 0.3) is 0 Å². The predicted octanol–water partition coefficient (Wildman–Crippen LogP) is 2.82. The van der Waals surface area contributed by atoms with Gasteiger partial charge in [-0.1, -0.05) is 11.6 Å². The molecule has 1 aliphatic carbocycles. The monoisotopic (exact) mass is 271 g/mol. The van der Waals surface area contributed by atoms with E-state index in [1.54, 1.807) is 0 Å². The fourth-order valence-electron chi connectivity index (χ4n) is 1.98.